The topological polar surface area (TPSA) is 17.1 Å². The molecule has 0 heterocycles. The molecule has 0 saturated carbocycles. The van der Waals surface area contributed by atoms with Gasteiger partial charge in [-0.25, -0.2) is 0 Å². The van der Waals surface area contributed by atoms with E-state index in [2.05, 4.69) is 6.92 Å². The predicted octanol–water partition coefficient (Wildman–Crippen LogP) is 1.34. The van der Waals surface area contributed by atoms with Gasteiger partial charge in [-0.05, 0) is 0 Å². The van der Waals surface area contributed by atoms with Gasteiger partial charge in [-0.3, -0.25) is 6.29 Å². The van der Waals surface area contributed by atoms with Crippen LogP contribution >= 0.6 is 0 Å². The average Bonchev–Trinajstić information content (AvgIpc) is 1.72. The Balaban J connectivity index is -0.0000000480. The molecule has 1 radical (unpaired) electrons. The van der Waals surface area contributed by atoms with E-state index in [9.17, 15) is 0 Å². The van der Waals surface area contributed by atoms with Crippen LogP contribution in [0.25, 0.3) is 0 Å². The van der Waals surface area contributed by atoms with E-state index in [0.29, 0.717) is 6.42 Å². The molecule has 0 aliphatic rings. The van der Waals surface area contributed by atoms with Crippen LogP contribution in [0.2, 0.25) is 0 Å². The minimum absolute atomic E-state index is 0. The van der Waals surface area contributed by atoms with E-state index >= 15 is 0 Å². The molecule has 0 fully saturated rings. The molecule has 2 heteroatoms. The molecule has 1 nitrogen and oxygen atoms in total. The van der Waals surface area contributed by atoms with Crippen molar-refractivity contribution in [3.8, 4) is 0 Å². The van der Waals surface area contributed by atoms with Crippen molar-refractivity contribution in [3.05, 3.63) is 6.92 Å². The van der Waals surface area contributed by atoms with Gasteiger partial charge in [0, 0.05) is 32.7 Å². The van der Waals surface area contributed by atoms with Gasteiger partial charge in [0.25, 0.3) is 0 Å². The van der Waals surface area contributed by atoms with Crippen molar-refractivity contribution in [2.24, 2.45) is 0 Å². The smallest absolute Gasteiger partial charge is 0 e. The molecule has 0 aromatic heterocycles. The van der Waals surface area contributed by atoms with Crippen molar-refractivity contribution in [1.29, 1.82) is 0 Å². The molecule has 41 valence electrons. The quantitative estimate of drug-likeness (QED) is 0.549. The maximum Gasteiger partial charge on any atom is 0 e. The fourth-order valence-corrected chi connectivity index (χ4v) is 0. The molecule has 0 atom stereocenters. The molecular weight excluding hydrogens is 165 g/mol. The van der Waals surface area contributed by atoms with Gasteiger partial charge in [0.15, 0.2) is 0 Å². The normalized spacial score (nSPS) is 4.43. The predicted molar refractivity (Wildman–Crippen MR) is 27.0 cm³/mol. The van der Waals surface area contributed by atoms with Gasteiger partial charge in [-0.2, -0.15) is 13.3 Å². The van der Waals surface area contributed by atoms with Crippen LogP contribution in [0.3, 0.4) is 0 Å². The Bertz CT molecular complexity index is 22.0. The molecule has 0 aromatic rings. The van der Waals surface area contributed by atoms with Crippen LogP contribution in [0.4, 0.5) is 0 Å². The van der Waals surface area contributed by atoms with Crippen LogP contribution in [0.15, 0.2) is 0 Å². The van der Waals surface area contributed by atoms with E-state index < -0.39 is 0 Å². The van der Waals surface area contributed by atoms with Crippen LogP contribution in [0.1, 0.15) is 20.3 Å². The molecular formula is C5H10OY-2. The second-order valence-electron chi connectivity index (χ2n) is 0.498. The first-order valence-corrected chi connectivity index (χ1v) is 1.97. The van der Waals surface area contributed by atoms with Crippen molar-refractivity contribution in [1.82, 2.24) is 0 Å². The van der Waals surface area contributed by atoms with Crippen LogP contribution in [0.5, 0.6) is 0 Å². The fraction of sp³-hybridized carbons (Fsp3) is 0.600. The van der Waals surface area contributed by atoms with Gasteiger partial charge >= 0.3 is 0 Å². The Morgan fingerprint density at radius 1 is 1.57 bits per heavy atom. The van der Waals surface area contributed by atoms with Gasteiger partial charge in [0.1, 0.15) is 0 Å². The summed E-state index contributed by atoms with van der Waals surface area (Å²) in [5, 5.41) is 0. The van der Waals surface area contributed by atoms with Crippen molar-refractivity contribution in [3.63, 3.8) is 0 Å². The minimum atomic E-state index is 0. The molecule has 0 spiro atoms. The summed E-state index contributed by atoms with van der Waals surface area (Å²) in [4.78, 5) is 9.05. The monoisotopic (exact) mass is 175 g/mol. The Kier molecular flexibility index (Phi) is 65.6. The number of hydrogen-bond donors (Lipinski definition) is 0. The van der Waals surface area contributed by atoms with Gasteiger partial charge in [-0.1, -0.05) is 6.92 Å². The second kappa shape index (κ2) is 29.3. The van der Waals surface area contributed by atoms with Gasteiger partial charge in [0.2, 0.25) is 0 Å². The van der Waals surface area contributed by atoms with Gasteiger partial charge in [0.05, 0.1) is 0 Å². The minimum Gasteiger partial charge on any atom is -0.542 e. The summed E-state index contributed by atoms with van der Waals surface area (Å²) in [6.45, 7) is 6.76. The first kappa shape index (κ1) is 15.7. The standard InChI is InChI=1S/C3H5O.C2H5.Y/c1-2-3-4;1-2;/h2H2,1H3;1H2,2H3;/q2*-1;. The molecule has 0 bridgehead atoms. The van der Waals surface area contributed by atoms with Gasteiger partial charge < -0.3 is 11.7 Å². The van der Waals surface area contributed by atoms with E-state index in [1.54, 1.807) is 20.1 Å². The molecule has 0 unspecified atom stereocenters. The van der Waals surface area contributed by atoms with Crippen LogP contribution in [0, 0.1) is 6.92 Å². The third kappa shape index (κ3) is 49.1. The number of rotatable bonds is 1. The summed E-state index contributed by atoms with van der Waals surface area (Å²) in [5.41, 5.74) is 0. The zero-order valence-corrected chi connectivity index (χ0v) is 7.74. The third-order valence-corrected chi connectivity index (χ3v) is 0.144. The molecule has 0 aliphatic heterocycles. The van der Waals surface area contributed by atoms with Crippen molar-refractivity contribution >= 4 is 6.29 Å². The number of carbonyl (C=O) groups excluding carboxylic acids is 1. The summed E-state index contributed by atoms with van der Waals surface area (Å²) >= 11 is 0. The van der Waals surface area contributed by atoms with Crippen LogP contribution in [-0.2, 0) is 37.5 Å². The summed E-state index contributed by atoms with van der Waals surface area (Å²) in [6, 6.07) is 0. The Hall–Kier alpha value is 0.774. The zero-order chi connectivity index (χ0) is 5.41. The summed E-state index contributed by atoms with van der Waals surface area (Å²) in [6.07, 6.45) is 2.19. The van der Waals surface area contributed by atoms with Gasteiger partial charge in [-0.15, -0.1) is 0 Å². The van der Waals surface area contributed by atoms with E-state index in [-0.39, 0.29) is 32.7 Å². The zero-order valence-electron chi connectivity index (χ0n) is 4.90. The second-order valence-corrected chi connectivity index (χ2v) is 0.498. The average molecular weight is 175 g/mol. The molecule has 0 aromatic carbocycles. The SMILES string of the molecule is CC[C-]=O.[CH2-]C.[Y]. The summed E-state index contributed by atoms with van der Waals surface area (Å²) < 4.78 is 0. The number of hydrogen-bond acceptors (Lipinski definition) is 1. The third-order valence-electron chi connectivity index (χ3n) is 0.144. The summed E-state index contributed by atoms with van der Waals surface area (Å²) in [7, 11) is 0. The Morgan fingerprint density at radius 2 is 1.71 bits per heavy atom. The van der Waals surface area contributed by atoms with Crippen molar-refractivity contribution < 1.29 is 37.5 Å². The van der Waals surface area contributed by atoms with E-state index in [1.165, 1.54) is 0 Å². The molecule has 7 heavy (non-hydrogen) atoms. The van der Waals surface area contributed by atoms with E-state index in [1.807, 2.05) is 0 Å². The maximum absolute atomic E-state index is 9.05. The van der Waals surface area contributed by atoms with E-state index in [4.69, 9.17) is 4.79 Å². The van der Waals surface area contributed by atoms with Crippen molar-refractivity contribution in [2.45, 2.75) is 20.3 Å². The van der Waals surface area contributed by atoms with Crippen LogP contribution in [-0.4, -0.2) is 6.29 Å². The largest absolute Gasteiger partial charge is 0.542 e. The Morgan fingerprint density at radius 3 is 1.71 bits per heavy atom. The van der Waals surface area contributed by atoms with E-state index in [0.717, 1.165) is 0 Å². The van der Waals surface area contributed by atoms with Crippen LogP contribution < -0.4 is 0 Å². The fourth-order valence-electron chi connectivity index (χ4n) is 0. The Labute approximate surface area is 70.8 Å². The first-order valence-electron chi connectivity index (χ1n) is 1.97. The molecule has 0 saturated heterocycles. The maximum atomic E-state index is 9.05. The first-order chi connectivity index (χ1) is 2.91. The molecule has 0 N–H and O–H groups in total. The molecule has 0 aliphatic carbocycles. The summed E-state index contributed by atoms with van der Waals surface area (Å²) in [5.74, 6) is 0. The molecule has 0 rings (SSSR count). The molecule has 0 amide bonds. The van der Waals surface area contributed by atoms with Crippen molar-refractivity contribution in [2.75, 3.05) is 0 Å².